The Bertz CT molecular complexity index is 1300. The highest BCUT2D eigenvalue weighted by Gasteiger charge is 2.32. The second-order valence-electron chi connectivity index (χ2n) is 10.2. The molecule has 2 saturated heterocycles. The maximum atomic E-state index is 13.2. The highest BCUT2D eigenvalue weighted by molar-refractivity contribution is 6.07. The Morgan fingerprint density at radius 2 is 1.68 bits per heavy atom. The lowest BCUT2D eigenvalue weighted by atomic mass is 10.0. The van der Waals surface area contributed by atoms with Crippen LogP contribution in [0.3, 0.4) is 0 Å². The highest BCUT2D eigenvalue weighted by Crippen LogP contribution is 2.37. The van der Waals surface area contributed by atoms with Crippen molar-refractivity contribution in [3.05, 3.63) is 65.7 Å². The van der Waals surface area contributed by atoms with Crippen LogP contribution in [-0.4, -0.2) is 85.8 Å². The van der Waals surface area contributed by atoms with Crippen molar-refractivity contribution >= 4 is 28.6 Å². The quantitative estimate of drug-likeness (QED) is 0.484. The summed E-state index contributed by atoms with van der Waals surface area (Å²) in [5, 5.41) is 1.95. The first-order valence-corrected chi connectivity index (χ1v) is 13.3. The average molecular weight is 499 g/mol. The number of ether oxygens (including phenoxy) is 2. The summed E-state index contributed by atoms with van der Waals surface area (Å²) in [4.78, 5) is 24.8. The van der Waals surface area contributed by atoms with E-state index in [9.17, 15) is 4.79 Å². The number of nitrogens with zero attached hydrogens (tertiary/aromatic N) is 4. The van der Waals surface area contributed by atoms with Crippen molar-refractivity contribution in [1.82, 2.24) is 14.7 Å². The molecule has 2 fully saturated rings. The van der Waals surface area contributed by atoms with Gasteiger partial charge in [0.05, 0.1) is 24.4 Å². The number of rotatable bonds is 7. The molecular formula is C30H34N4O3. The Labute approximate surface area is 218 Å². The van der Waals surface area contributed by atoms with Gasteiger partial charge in [0, 0.05) is 52.0 Å². The van der Waals surface area contributed by atoms with Crippen molar-refractivity contribution in [1.29, 1.82) is 0 Å². The van der Waals surface area contributed by atoms with Crippen LogP contribution >= 0.6 is 0 Å². The van der Waals surface area contributed by atoms with E-state index in [0.29, 0.717) is 23.7 Å². The largest absolute Gasteiger partial charge is 0.493 e. The summed E-state index contributed by atoms with van der Waals surface area (Å²) in [6.45, 7) is 7.47. The zero-order chi connectivity index (χ0) is 25.2. The van der Waals surface area contributed by atoms with Crippen molar-refractivity contribution in [2.45, 2.75) is 25.4 Å². The molecule has 0 aliphatic carbocycles. The van der Waals surface area contributed by atoms with Gasteiger partial charge in [0.1, 0.15) is 6.61 Å². The summed E-state index contributed by atoms with van der Waals surface area (Å²) >= 11 is 0. The minimum absolute atomic E-state index is 0.0709. The number of carbonyl (C=O) groups excluding carboxylic acids is 1. The van der Waals surface area contributed by atoms with E-state index in [2.05, 4.69) is 45.1 Å². The molecule has 1 amide bonds. The first-order chi connectivity index (χ1) is 18.2. The van der Waals surface area contributed by atoms with Crippen LogP contribution in [0, 0.1) is 0 Å². The molecule has 0 radical (unpaired) electrons. The van der Waals surface area contributed by atoms with E-state index < -0.39 is 0 Å². The molecule has 7 heteroatoms. The zero-order valence-electron chi connectivity index (χ0n) is 21.4. The molecule has 6 rings (SSSR count). The Balaban J connectivity index is 1.10. The van der Waals surface area contributed by atoms with Gasteiger partial charge in [0.15, 0.2) is 11.5 Å². The van der Waals surface area contributed by atoms with Gasteiger partial charge in [0.2, 0.25) is 0 Å². The minimum atomic E-state index is 0.0709. The third kappa shape index (κ3) is 5.06. The van der Waals surface area contributed by atoms with Crippen LogP contribution in [0.15, 0.2) is 59.6 Å². The van der Waals surface area contributed by atoms with Crippen LogP contribution in [0.2, 0.25) is 0 Å². The summed E-state index contributed by atoms with van der Waals surface area (Å²) in [5.74, 6) is 1.48. The molecule has 7 nitrogen and oxygen atoms in total. The van der Waals surface area contributed by atoms with Gasteiger partial charge in [-0.3, -0.25) is 19.6 Å². The lowest BCUT2D eigenvalue weighted by Crippen LogP contribution is -2.47. The van der Waals surface area contributed by atoms with Gasteiger partial charge in [-0.25, -0.2) is 0 Å². The number of fused-ring (bicyclic) bond motifs is 3. The fourth-order valence-electron chi connectivity index (χ4n) is 5.66. The Morgan fingerprint density at radius 3 is 2.49 bits per heavy atom. The molecule has 37 heavy (non-hydrogen) atoms. The number of aliphatic imine (C=N–C) groups is 1. The predicted octanol–water partition coefficient (Wildman–Crippen LogP) is 4.37. The number of methoxy groups -OCH3 is 1. The van der Waals surface area contributed by atoms with Crippen LogP contribution in [0.1, 0.15) is 28.8 Å². The van der Waals surface area contributed by atoms with Gasteiger partial charge in [0.25, 0.3) is 5.91 Å². The Morgan fingerprint density at radius 1 is 0.919 bits per heavy atom. The summed E-state index contributed by atoms with van der Waals surface area (Å²) in [5.41, 5.74) is 2.76. The van der Waals surface area contributed by atoms with Crippen LogP contribution in [0.25, 0.3) is 10.8 Å². The summed E-state index contributed by atoms with van der Waals surface area (Å²) < 4.78 is 11.9. The molecule has 0 unspecified atom stereocenters. The van der Waals surface area contributed by atoms with Gasteiger partial charge in [-0.15, -0.1) is 0 Å². The Kier molecular flexibility index (Phi) is 6.81. The first-order valence-electron chi connectivity index (χ1n) is 13.3. The third-order valence-electron chi connectivity index (χ3n) is 7.79. The fourth-order valence-corrected chi connectivity index (χ4v) is 5.66. The van der Waals surface area contributed by atoms with Crippen LogP contribution in [0.4, 0.5) is 5.69 Å². The van der Waals surface area contributed by atoms with E-state index in [4.69, 9.17) is 9.47 Å². The summed E-state index contributed by atoms with van der Waals surface area (Å²) in [6, 6.07) is 18.7. The van der Waals surface area contributed by atoms with E-state index in [-0.39, 0.29) is 11.9 Å². The molecule has 0 spiro atoms. The van der Waals surface area contributed by atoms with Crippen LogP contribution in [-0.2, 0) is 6.54 Å². The molecule has 3 aliphatic heterocycles. The lowest BCUT2D eigenvalue weighted by molar-refractivity contribution is 0.0775. The number of carbonyl (C=O) groups is 1. The smallest absolute Gasteiger partial charge is 0.256 e. The molecule has 0 N–H and O–H groups in total. The molecule has 0 bridgehead atoms. The predicted molar refractivity (Wildman–Crippen MR) is 146 cm³/mol. The molecule has 0 aromatic heterocycles. The van der Waals surface area contributed by atoms with E-state index in [1.165, 1.54) is 5.56 Å². The lowest BCUT2D eigenvalue weighted by Gasteiger charge is -2.34. The molecular weight excluding hydrogens is 464 g/mol. The normalized spacial score (nSPS) is 20.1. The average Bonchev–Trinajstić information content (AvgIpc) is 3.36. The molecule has 3 aliphatic rings. The monoisotopic (exact) mass is 498 g/mol. The van der Waals surface area contributed by atoms with E-state index in [0.717, 1.165) is 75.1 Å². The number of hydrogen-bond donors (Lipinski definition) is 0. The molecule has 3 heterocycles. The van der Waals surface area contributed by atoms with Crippen LogP contribution < -0.4 is 9.47 Å². The maximum Gasteiger partial charge on any atom is 0.256 e. The minimum Gasteiger partial charge on any atom is -0.493 e. The second kappa shape index (κ2) is 10.5. The third-order valence-corrected chi connectivity index (χ3v) is 7.79. The van der Waals surface area contributed by atoms with Gasteiger partial charge >= 0.3 is 0 Å². The molecule has 1 atom stereocenters. The van der Waals surface area contributed by atoms with Crippen molar-refractivity contribution < 1.29 is 14.3 Å². The number of hydrogen-bond acceptors (Lipinski definition) is 6. The number of amides is 1. The molecule has 192 valence electrons. The van der Waals surface area contributed by atoms with E-state index >= 15 is 0 Å². The number of benzene rings is 3. The van der Waals surface area contributed by atoms with Crippen molar-refractivity contribution in [2.75, 3.05) is 53.0 Å². The number of piperazine rings is 1. The molecule has 0 saturated carbocycles. The standard InChI is InChI=1S/C30H34N4O3/c1-36-28-18-24-17-27-26(30(35)34-9-5-8-25(34)20-31-27)16-23(24)19-29(28)37-15-14-32-10-12-33(13-11-32)21-22-6-3-2-4-7-22/h2-4,6-7,16-20,25H,5,8-15,21H2,1H3/t25-/m0/s1. The van der Waals surface area contributed by atoms with Crippen molar-refractivity contribution in [2.24, 2.45) is 4.99 Å². The molecule has 3 aromatic rings. The van der Waals surface area contributed by atoms with E-state index in [1.54, 1.807) is 7.11 Å². The zero-order valence-corrected chi connectivity index (χ0v) is 21.4. The first kappa shape index (κ1) is 23.9. The SMILES string of the molecule is COc1cc2cc3c(cc2cc1OCCN1CCN(Cc2ccccc2)CC1)C(=O)N1CCC[C@H]1C=N3. The Hall–Kier alpha value is -3.42. The highest BCUT2D eigenvalue weighted by atomic mass is 16.5. The summed E-state index contributed by atoms with van der Waals surface area (Å²) in [6.07, 6.45) is 3.94. The summed E-state index contributed by atoms with van der Waals surface area (Å²) in [7, 11) is 1.67. The maximum absolute atomic E-state index is 13.2. The van der Waals surface area contributed by atoms with Gasteiger partial charge in [-0.2, -0.15) is 0 Å². The van der Waals surface area contributed by atoms with Crippen LogP contribution in [0.5, 0.6) is 11.5 Å². The van der Waals surface area contributed by atoms with Crippen molar-refractivity contribution in [3.63, 3.8) is 0 Å². The molecule has 3 aromatic carbocycles. The van der Waals surface area contributed by atoms with Gasteiger partial charge in [-0.05, 0) is 53.4 Å². The van der Waals surface area contributed by atoms with E-state index in [1.807, 2.05) is 35.4 Å². The van der Waals surface area contributed by atoms with Gasteiger partial charge < -0.3 is 14.4 Å². The van der Waals surface area contributed by atoms with Gasteiger partial charge in [-0.1, -0.05) is 30.3 Å². The fraction of sp³-hybridized carbons (Fsp3) is 0.400. The second-order valence-corrected chi connectivity index (χ2v) is 10.2. The topological polar surface area (TPSA) is 57.6 Å². The van der Waals surface area contributed by atoms with Crippen molar-refractivity contribution in [3.8, 4) is 11.5 Å².